The molecule has 3 rings (SSSR count). The molecule has 1 atom stereocenters. The van der Waals surface area contributed by atoms with Gasteiger partial charge in [0.2, 0.25) is 0 Å². The van der Waals surface area contributed by atoms with E-state index in [4.69, 9.17) is 11.6 Å². The molecule has 0 radical (unpaired) electrons. The fraction of sp³-hybridized carbons (Fsp3) is 0.353. The monoisotopic (exact) mass is 347 g/mol. The molecule has 0 aliphatic carbocycles. The predicted molar refractivity (Wildman–Crippen MR) is 92.9 cm³/mol. The maximum atomic E-state index is 14.1. The fourth-order valence-corrected chi connectivity index (χ4v) is 2.88. The summed E-state index contributed by atoms with van der Waals surface area (Å²) in [6, 6.07) is 7.94. The van der Waals surface area contributed by atoms with Crippen LogP contribution < -0.4 is 5.32 Å². The second kappa shape index (κ2) is 6.02. The fourth-order valence-electron chi connectivity index (χ4n) is 2.55. The highest BCUT2D eigenvalue weighted by Crippen LogP contribution is 2.28. The number of nitrogens with zero attached hydrogens (tertiary/aromatic N) is 4. The lowest BCUT2D eigenvalue weighted by atomic mass is 9.96. The number of halogens is 2. The Hall–Kier alpha value is -2.21. The number of nitrogens with one attached hydrogen (secondary N) is 1. The van der Waals surface area contributed by atoms with Crippen LogP contribution in [0.25, 0.3) is 5.65 Å². The molecular weight excluding hydrogens is 329 g/mol. The van der Waals surface area contributed by atoms with Crippen LogP contribution in [0.5, 0.6) is 0 Å². The van der Waals surface area contributed by atoms with Crippen molar-refractivity contribution in [2.24, 2.45) is 0 Å². The molecule has 0 saturated heterocycles. The van der Waals surface area contributed by atoms with E-state index in [1.54, 1.807) is 22.7 Å². The minimum absolute atomic E-state index is 0.189. The van der Waals surface area contributed by atoms with Gasteiger partial charge in [0.25, 0.3) is 0 Å². The molecule has 0 bridgehead atoms. The average Bonchev–Trinajstić information content (AvgIpc) is 2.90. The van der Waals surface area contributed by atoms with Crippen molar-refractivity contribution in [3.05, 3.63) is 52.6 Å². The lowest BCUT2D eigenvalue weighted by Gasteiger charge is -2.18. The number of anilines is 1. The van der Waals surface area contributed by atoms with Crippen molar-refractivity contribution in [2.45, 2.75) is 39.2 Å². The van der Waals surface area contributed by atoms with Crippen molar-refractivity contribution in [3.8, 4) is 0 Å². The van der Waals surface area contributed by atoms with Crippen LogP contribution in [-0.2, 0) is 5.41 Å². The van der Waals surface area contributed by atoms with Crippen LogP contribution in [0, 0.1) is 5.82 Å². The van der Waals surface area contributed by atoms with Crippen LogP contribution in [0.3, 0.4) is 0 Å². The molecule has 2 heterocycles. The lowest BCUT2D eigenvalue weighted by molar-refractivity contribution is 0.527. The molecule has 1 unspecified atom stereocenters. The van der Waals surface area contributed by atoms with E-state index >= 15 is 0 Å². The molecule has 1 N–H and O–H groups in total. The Bertz CT molecular complexity index is 864. The van der Waals surface area contributed by atoms with Gasteiger partial charge in [0.05, 0.1) is 6.04 Å². The molecule has 1 aromatic carbocycles. The first-order valence-electron chi connectivity index (χ1n) is 7.71. The molecule has 0 saturated carbocycles. The molecule has 5 nitrogen and oxygen atoms in total. The van der Waals surface area contributed by atoms with Gasteiger partial charge in [-0.3, -0.25) is 0 Å². The van der Waals surface area contributed by atoms with Crippen LogP contribution in [0.1, 0.15) is 45.1 Å². The van der Waals surface area contributed by atoms with Crippen molar-refractivity contribution < 1.29 is 4.39 Å². The summed E-state index contributed by atoms with van der Waals surface area (Å²) in [5.41, 5.74) is 0.897. The van der Waals surface area contributed by atoms with E-state index in [1.807, 2.05) is 33.8 Å². The van der Waals surface area contributed by atoms with Gasteiger partial charge in [-0.25, -0.2) is 4.39 Å². The normalized spacial score (nSPS) is 13.2. The molecule has 0 amide bonds. The third kappa shape index (κ3) is 3.06. The Balaban J connectivity index is 1.96. The topological polar surface area (TPSA) is 55.1 Å². The highest BCUT2D eigenvalue weighted by molar-refractivity contribution is 6.31. The number of hydrogen-bond donors (Lipinski definition) is 1. The first kappa shape index (κ1) is 16.6. The smallest absolute Gasteiger partial charge is 0.178 e. The first-order chi connectivity index (χ1) is 11.3. The molecule has 3 aromatic rings. The van der Waals surface area contributed by atoms with Crippen molar-refractivity contribution in [1.82, 2.24) is 19.8 Å². The highest BCUT2D eigenvalue weighted by atomic mass is 35.5. The SMILES string of the molecule is CC(Nc1ccc2nnc(C(C)(C)C)n2n1)c1c(F)cccc1Cl. The maximum Gasteiger partial charge on any atom is 0.178 e. The molecule has 0 aliphatic heterocycles. The van der Waals surface area contributed by atoms with Gasteiger partial charge in [0.1, 0.15) is 11.6 Å². The summed E-state index contributed by atoms with van der Waals surface area (Å²) in [7, 11) is 0. The van der Waals surface area contributed by atoms with Gasteiger partial charge in [-0.2, -0.15) is 4.52 Å². The van der Waals surface area contributed by atoms with Crippen LogP contribution in [0.2, 0.25) is 5.02 Å². The molecule has 24 heavy (non-hydrogen) atoms. The van der Waals surface area contributed by atoms with Crippen molar-refractivity contribution in [3.63, 3.8) is 0 Å². The quantitative estimate of drug-likeness (QED) is 0.763. The van der Waals surface area contributed by atoms with Gasteiger partial charge in [-0.05, 0) is 31.2 Å². The van der Waals surface area contributed by atoms with E-state index in [-0.39, 0.29) is 17.3 Å². The molecular formula is C17H19ClFN5. The molecule has 2 aromatic heterocycles. The summed E-state index contributed by atoms with van der Waals surface area (Å²) in [5.74, 6) is 1.01. The van der Waals surface area contributed by atoms with E-state index in [1.165, 1.54) is 6.07 Å². The van der Waals surface area contributed by atoms with Gasteiger partial charge >= 0.3 is 0 Å². The maximum absolute atomic E-state index is 14.1. The van der Waals surface area contributed by atoms with Gasteiger partial charge in [0.15, 0.2) is 11.5 Å². The molecule has 0 spiro atoms. The number of hydrogen-bond acceptors (Lipinski definition) is 4. The van der Waals surface area contributed by atoms with Crippen LogP contribution in [0.15, 0.2) is 30.3 Å². The van der Waals surface area contributed by atoms with E-state index in [2.05, 4.69) is 20.6 Å². The Morgan fingerprint density at radius 2 is 1.92 bits per heavy atom. The van der Waals surface area contributed by atoms with Crippen molar-refractivity contribution in [2.75, 3.05) is 5.32 Å². The minimum atomic E-state index is -0.344. The number of benzene rings is 1. The Morgan fingerprint density at radius 1 is 1.17 bits per heavy atom. The second-order valence-corrected chi connectivity index (χ2v) is 7.17. The van der Waals surface area contributed by atoms with Crippen molar-refractivity contribution >= 4 is 23.1 Å². The molecule has 0 fully saturated rings. The zero-order valence-electron chi connectivity index (χ0n) is 14.0. The lowest BCUT2D eigenvalue weighted by Crippen LogP contribution is -2.18. The van der Waals surface area contributed by atoms with E-state index in [0.717, 1.165) is 5.82 Å². The Kier molecular flexibility index (Phi) is 4.17. The summed E-state index contributed by atoms with van der Waals surface area (Å²) in [6.45, 7) is 7.99. The summed E-state index contributed by atoms with van der Waals surface area (Å²) in [6.07, 6.45) is 0. The van der Waals surface area contributed by atoms with E-state index < -0.39 is 0 Å². The largest absolute Gasteiger partial charge is 0.362 e. The van der Waals surface area contributed by atoms with Gasteiger partial charge < -0.3 is 5.32 Å². The summed E-state index contributed by atoms with van der Waals surface area (Å²) in [5, 5.41) is 16.5. The number of fused-ring (bicyclic) bond motifs is 1. The third-order valence-corrected chi connectivity index (χ3v) is 4.06. The summed E-state index contributed by atoms with van der Waals surface area (Å²) >= 11 is 6.13. The van der Waals surface area contributed by atoms with E-state index in [0.29, 0.717) is 22.1 Å². The van der Waals surface area contributed by atoms with Crippen LogP contribution >= 0.6 is 11.6 Å². The van der Waals surface area contributed by atoms with Gasteiger partial charge in [0, 0.05) is 16.0 Å². The number of rotatable bonds is 3. The Morgan fingerprint density at radius 3 is 2.58 bits per heavy atom. The van der Waals surface area contributed by atoms with Gasteiger partial charge in [-0.15, -0.1) is 15.3 Å². The molecule has 126 valence electrons. The summed E-state index contributed by atoms with van der Waals surface area (Å²) in [4.78, 5) is 0. The zero-order valence-corrected chi connectivity index (χ0v) is 14.8. The Labute approximate surface area is 144 Å². The van der Waals surface area contributed by atoms with E-state index in [9.17, 15) is 4.39 Å². The van der Waals surface area contributed by atoms with Crippen LogP contribution in [-0.4, -0.2) is 19.8 Å². The minimum Gasteiger partial charge on any atom is -0.362 e. The van der Waals surface area contributed by atoms with Crippen LogP contribution in [0.4, 0.5) is 10.2 Å². The van der Waals surface area contributed by atoms with Gasteiger partial charge in [-0.1, -0.05) is 38.4 Å². The molecule has 0 aliphatic rings. The summed E-state index contributed by atoms with van der Waals surface area (Å²) < 4.78 is 15.8. The van der Waals surface area contributed by atoms with Crippen molar-refractivity contribution in [1.29, 1.82) is 0 Å². The molecule has 7 heteroatoms. The second-order valence-electron chi connectivity index (χ2n) is 6.76. The third-order valence-electron chi connectivity index (χ3n) is 3.73. The zero-order chi connectivity index (χ0) is 17.5. The highest BCUT2D eigenvalue weighted by Gasteiger charge is 2.22. The number of aromatic nitrogens is 4. The predicted octanol–water partition coefficient (Wildman–Crippen LogP) is 4.39. The average molecular weight is 348 g/mol. The standard InChI is InChI=1S/C17H19ClFN5/c1-10(15-11(18)6-5-7-12(15)19)20-13-8-9-14-21-22-16(17(2,3)4)24(14)23-13/h5-10H,1-4H3,(H,20,23). The first-order valence-corrected chi connectivity index (χ1v) is 8.08.